The molecule has 2 aliphatic rings. The molecule has 3 aromatic rings. The van der Waals surface area contributed by atoms with Crippen LogP contribution in [-0.2, 0) is 24.1 Å². The quantitative estimate of drug-likeness (QED) is 0.521. The van der Waals surface area contributed by atoms with E-state index in [0.717, 1.165) is 47.5 Å². The molecule has 2 aliphatic heterocycles. The van der Waals surface area contributed by atoms with Gasteiger partial charge in [-0.25, -0.2) is 9.98 Å². The number of piperazine rings is 1. The third kappa shape index (κ3) is 5.54. The molecule has 0 radical (unpaired) electrons. The van der Waals surface area contributed by atoms with Gasteiger partial charge in [-0.15, -0.1) is 0 Å². The minimum Gasteiger partial charge on any atom is -0.496 e. The van der Waals surface area contributed by atoms with E-state index < -0.39 is 0 Å². The van der Waals surface area contributed by atoms with Crippen LogP contribution in [0.25, 0.3) is 0 Å². The number of hydrogen-bond donors (Lipinski definition) is 2. The second kappa shape index (κ2) is 10.9. The third-order valence-corrected chi connectivity index (χ3v) is 6.78. The second-order valence-corrected chi connectivity index (χ2v) is 9.29. The van der Waals surface area contributed by atoms with Gasteiger partial charge in [0.25, 0.3) is 5.91 Å². The number of pyridine rings is 1. The first-order valence-electron chi connectivity index (χ1n) is 12.7. The van der Waals surface area contributed by atoms with E-state index in [1.54, 1.807) is 19.4 Å². The molecule has 3 heterocycles. The number of aromatic nitrogens is 1. The molecule has 190 valence electrons. The van der Waals surface area contributed by atoms with Crippen LogP contribution in [0.2, 0.25) is 0 Å². The minimum atomic E-state index is -0.182. The maximum Gasteiger partial charge on any atom is 0.254 e. The minimum absolute atomic E-state index is 0.0510. The average molecular weight is 498 g/mol. The molecule has 5 rings (SSSR count). The Morgan fingerprint density at radius 2 is 1.95 bits per heavy atom. The van der Waals surface area contributed by atoms with Crippen molar-refractivity contribution in [3.63, 3.8) is 0 Å². The Balaban J connectivity index is 1.42. The Morgan fingerprint density at radius 3 is 2.70 bits per heavy atom. The molecule has 0 bridgehead atoms. The summed E-state index contributed by atoms with van der Waals surface area (Å²) in [5.74, 6) is 1.16. The molecule has 1 fully saturated rings. The zero-order valence-corrected chi connectivity index (χ0v) is 21.2. The maximum absolute atomic E-state index is 13.4. The summed E-state index contributed by atoms with van der Waals surface area (Å²) < 4.78 is 5.52. The fourth-order valence-corrected chi connectivity index (χ4v) is 4.76. The van der Waals surface area contributed by atoms with E-state index >= 15 is 0 Å². The molecule has 0 unspecified atom stereocenters. The number of nitrogens with one attached hydrogen (secondary N) is 2. The molecule has 0 atom stereocenters. The lowest BCUT2D eigenvalue weighted by Crippen LogP contribution is -2.46. The van der Waals surface area contributed by atoms with Crippen molar-refractivity contribution in [2.24, 2.45) is 4.99 Å². The highest BCUT2D eigenvalue weighted by Crippen LogP contribution is 2.28. The van der Waals surface area contributed by atoms with Crippen molar-refractivity contribution in [1.82, 2.24) is 15.2 Å². The smallest absolute Gasteiger partial charge is 0.254 e. The molecular weight excluding hydrogens is 466 g/mol. The number of hydrogen-bond acceptors (Lipinski definition) is 6. The van der Waals surface area contributed by atoms with Gasteiger partial charge in [0.1, 0.15) is 5.75 Å². The average Bonchev–Trinajstić information content (AvgIpc) is 3.38. The van der Waals surface area contributed by atoms with Crippen molar-refractivity contribution in [1.29, 1.82) is 0 Å². The van der Waals surface area contributed by atoms with Gasteiger partial charge in [0.15, 0.2) is 5.82 Å². The first kappa shape index (κ1) is 24.6. The van der Waals surface area contributed by atoms with Gasteiger partial charge in [0.2, 0.25) is 5.91 Å². The highest BCUT2D eigenvalue weighted by molar-refractivity contribution is 6.09. The van der Waals surface area contributed by atoms with Crippen molar-refractivity contribution in [3.8, 4) is 5.75 Å². The van der Waals surface area contributed by atoms with Gasteiger partial charge in [-0.3, -0.25) is 9.59 Å². The first-order valence-corrected chi connectivity index (χ1v) is 12.7. The van der Waals surface area contributed by atoms with Crippen LogP contribution >= 0.6 is 0 Å². The van der Waals surface area contributed by atoms with Gasteiger partial charge in [-0.05, 0) is 47.9 Å². The lowest BCUT2D eigenvalue weighted by Gasteiger charge is -2.27. The number of nitrogens with zero attached hydrogens (tertiary/aromatic N) is 3. The standard InChI is InChI=1S/C29H31N5O3/c1-3-19-6-7-20(26(13-19)37-2)18-27(35)32-24-15-22(25-17-21-5-4-8-31-28(21)33-25)14-23(16-24)29(36)34-11-9-30-10-12-34/h4-8,13-16,30H,3,9-12,17-18H2,1-2H3,(H,32,35). The Morgan fingerprint density at radius 1 is 1.11 bits per heavy atom. The van der Waals surface area contributed by atoms with Crippen LogP contribution in [0, 0.1) is 0 Å². The molecule has 0 saturated carbocycles. The summed E-state index contributed by atoms with van der Waals surface area (Å²) in [6, 6.07) is 15.3. The van der Waals surface area contributed by atoms with Gasteiger partial charge in [-0.2, -0.15) is 0 Å². The normalized spacial score (nSPS) is 14.6. The molecule has 1 aromatic heterocycles. The number of ether oxygens (including phenoxy) is 1. The van der Waals surface area contributed by atoms with Gasteiger partial charge in [0.05, 0.1) is 19.2 Å². The lowest BCUT2D eigenvalue weighted by molar-refractivity contribution is -0.115. The SMILES string of the molecule is CCc1ccc(CC(=O)Nc2cc(C(=O)N3CCNCC3)cc(C3=Nc4ncccc4C3)c2)c(OC)c1. The molecule has 0 aliphatic carbocycles. The zero-order chi connectivity index (χ0) is 25.8. The Hall–Kier alpha value is -4.04. The number of amides is 2. The Kier molecular flexibility index (Phi) is 7.28. The molecule has 1 saturated heterocycles. The van der Waals surface area contributed by atoms with Crippen molar-refractivity contribution in [3.05, 3.63) is 82.5 Å². The summed E-state index contributed by atoms with van der Waals surface area (Å²) in [4.78, 5) is 37.4. The summed E-state index contributed by atoms with van der Waals surface area (Å²) in [6.45, 7) is 4.91. The van der Waals surface area contributed by atoms with Crippen LogP contribution < -0.4 is 15.4 Å². The molecule has 2 aromatic carbocycles. The summed E-state index contributed by atoms with van der Waals surface area (Å²) in [7, 11) is 1.61. The number of aliphatic imine (C=N–C) groups is 1. The number of aryl methyl sites for hydroxylation is 1. The molecule has 37 heavy (non-hydrogen) atoms. The number of anilines is 1. The third-order valence-electron chi connectivity index (χ3n) is 6.78. The monoisotopic (exact) mass is 497 g/mol. The Bertz CT molecular complexity index is 1360. The van der Waals surface area contributed by atoms with Crippen LogP contribution in [0.5, 0.6) is 5.75 Å². The fourth-order valence-electron chi connectivity index (χ4n) is 4.76. The van der Waals surface area contributed by atoms with E-state index in [-0.39, 0.29) is 18.2 Å². The van der Waals surface area contributed by atoms with Crippen LogP contribution in [0.1, 0.15) is 39.5 Å². The van der Waals surface area contributed by atoms with Gasteiger partial charge < -0.3 is 20.3 Å². The van der Waals surface area contributed by atoms with Gasteiger partial charge in [-0.1, -0.05) is 25.1 Å². The zero-order valence-electron chi connectivity index (χ0n) is 21.2. The number of carbonyl (C=O) groups is 2. The molecule has 2 amide bonds. The van der Waals surface area contributed by atoms with E-state index in [1.165, 1.54) is 0 Å². The van der Waals surface area contributed by atoms with Crippen molar-refractivity contribution < 1.29 is 14.3 Å². The first-order chi connectivity index (χ1) is 18.0. The van der Waals surface area contributed by atoms with E-state index in [2.05, 4.69) is 22.5 Å². The largest absolute Gasteiger partial charge is 0.496 e. The number of carbonyl (C=O) groups excluding carboxylic acids is 2. The molecule has 8 heteroatoms. The second-order valence-electron chi connectivity index (χ2n) is 9.29. The lowest BCUT2D eigenvalue weighted by atomic mass is 10.0. The Labute approximate surface area is 216 Å². The van der Waals surface area contributed by atoms with Crippen LogP contribution in [-0.4, -0.2) is 60.7 Å². The number of fused-ring (bicyclic) bond motifs is 1. The van der Waals surface area contributed by atoms with E-state index in [0.29, 0.717) is 42.3 Å². The highest BCUT2D eigenvalue weighted by atomic mass is 16.5. The highest BCUT2D eigenvalue weighted by Gasteiger charge is 2.23. The van der Waals surface area contributed by atoms with Gasteiger partial charge in [0, 0.05) is 61.2 Å². The molecule has 2 N–H and O–H groups in total. The van der Waals surface area contributed by atoms with E-state index in [4.69, 9.17) is 9.73 Å². The van der Waals surface area contributed by atoms with E-state index in [9.17, 15) is 9.59 Å². The van der Waals surface area contributed by atoms with Crippen LogP contribution in [0.4, 0.5) is 11.5 Å². The predicted molar refractivity (Wildman–Crippen MR) is 144 cm³/mol. The number of methoxy groups -OCH3 is 1. The topological polar surface area (TPSA) is 95.9 Å². The molecule has 8 nitrogen and oxygen atoms in total. The predicted octanol–water partition coefficient (Wildman–Crippen LogP) is 3.56. The fraction of sp³-hybridized carbons (Fsp3) is 0.310. The summed E-state index contributed by atoms with van der Waals surface area (Å²) >= 11 is 0. The van der Waals surface area contributed by atoms with Crippen molar-refractivity contribution >= 4 is 29.0 Å². The summed E-state index contributed by atoms with van der Waals surface area (Å²) in [5, 5.41) is 6.28. The number of rotatable bonds is 7. The van der Waals surface area contributed by atoms with Crippen molar-refractivity contribution in [2.45, 2.75) is 26.2 Å². The van der Waals surface area contributed by atoms with Crippen LogP contribution in [0.3, 0.4) is 0 Å². The molecule has 0 spiro atoms. The van der Waals surface area contributed by atoms with Crippen LogP contribution in [0.15, 0.2) is 59.7 Å². The summed E-state index contributed by atoms with van der Waals surface area (Å²) in [5.41, 5.74) is 5.74. The van der Waals surface area contributed by atoms with E-state index in [1.807, 2.05) is 47.4 Å². The van der Waals surface area contributed by atoms with Crippen molar-refractivity contribution in [2.75, 3.05) is 38.6 Å². The molecular formula is C29H31N5O3. The summed E-state index contributed by atoms with van der Waals surface area (Å²) in [6.07, 6.45) is 3.41. The maximum atomic E-state index is 13.4. The number of benzene rings is 2. The van der Waals surface area contributed by atoms with Gasteiger partial charge >= 0.3 is 0 Å².